The van der Waals surface area contributed by atoms with Crippen LogP contribution in [0.4, 0.5) is 5.69 Å². The van der Waals surface area contributed by atoms with Gasteiger partial charge in [0.1, 0.15) is 4.91 Å². The highest BCUT2D eigenvalue weighted by Crippen LogP contribution is 2.59. The number of esters is 2. The van der Waals surface area contributed by atoms with E-state index in [1.165, 1.54) is 30.6 Å². The van der Waals surface area contributed by atoms with Crippen molar-refractivity contribution in [3.05, 3.63) is 39.9 Å². The predicted octanol–water partition coefficient (Wildman–Crippen LogP) is 4.24. The summed E-state index contributed by atoms with van der Waals surface area (Å²) >= 11 is 8.62. The Morgan fingerprint density at radius 2 is 1.86 bits per heavy atom. The summed E-state index contributed by atoms with van der Waals surface area (Å²) < 4.78 is 9.29. The molecule has 3 rings (SSSR count). The third kappa shape index (κ3) is 3.95. The number of halogens is 1. The molecule has 10 heteroatoms. The lowest BCUT2D eigenvalue weighted by Crippen LogP contribution is -2.47. The molecule has 7 nitrogen and oxygen atoms in total. The first-order valence-corrected chi connectivity index (χ1v) is 11.1. The van der Waals surface area contributed by atoms with Gasteiger partial charge in [0, 0.05) is 17.8 Å². The van der Waals surface area contributed by atoms with Gasteiger partial charge in [-0.05, 0) is 49.4 Å². The minimum Gasteiger partial charge on any atom is -0.464 e. The van der Waals surface area contributed by atoms with Crippen molar-refractivity contribution in [2.75, 3.05) is 25.8 Å². The van der Waals surface area contributed by atoms with Crippen LogP contribution in [0.1, 0.15) is 26.7 Å². The summed E-state index contributed by atoms with van der Waals surface area (Å²) in [5.74, 6) is -0.894. The van der Waals surface area contributed by atoms with Gasteiger partial charge < -0.3 is 14.4 Å². The van der Waals surface area contributed by atoms with Crippen LogP contribution in [0, 0.1) is 0 Å². The zero-order valence-corrected chi connectivity index (χ0v) is 19.0. The van der Waals surface area contributed by atoms with Gasteiger partial charge >= 0.3 is 11.9 Å². The highest BCUT2D eigenvalue weighted by Gasteiger charge is 2.57. The van der Waals surface area contributed by atoms with Crippen molar-refractivity contribution in [2.24, 2.45) is 5.10 Å². The van der Waals surface area contributed by atoms with E-state index in [0.717, 1.165) is 17.8 Å². The van der Waals surface area contributed by atoms with E-state index in [2.05, 4.69) is 12.0 Å². The molecule has 1 aromatic rings. The summed E-state index contributed by atoms with van der Waals surface area (Å²) in [5, 5.41) is 7.07. The number of hydrazone groups is 1. The van der Waals surface area contributed by atoms with Gasteiger partial charge in [-0.25, -0.2) is 14.6 Å². The van der Waals surface area contributed by atoms with Crippen LogP contribution in [0.25, 0.3) is 0 Å². The molecule has 2 aliphatic heterocycles. The smallest absolute Gasteiger partial charge is 0.365 e. The molecule has 0 saturated carbocycles. The van der Waals surface area contributed by atoms with Gasteiger partial charge in [-0.2, -0.15) is 5.10 Å². The quantitative estimate of drug-likeness (QED) is 0.589. The molecule has 1 unspecified atom stereocenters. The summed E-state index contributed by atoms with van der Waals surface area (Å²) in [6.07, 6.45) is 1.55. The Morgan fingerprint density at radius 1 is 1.17 bits per heavy atom. The lowest BCUT2D eigenvalue weighted by Gasteiger charge is -2.39. The van der Waals surface area contributed by atoms with Gasteiger partial charge in [-0.15, -0.1) is 0 Å². The van der Waals surface area contributed by atoms with Crippen LogP contribution in [-0.2, 0) is 19.1 Å². The van der Waals surface area contributed by atoms with Crippen molar-refractivity contribution in [1.82, 2.24) is 4.90 Å². The molecule has 0 saturated heterocycles. The molecule has 0 radical (unpaired) electrons. The van der Waals surface area contributed by atoms with Crippen LogP contribution in [-0.4, -0.2) is 47.0 Å². The van der Waals surface area contributed by atoms with Crippen molar-refractivity contribution in [3.8, 4) is 0 Å². The SMILES string of the molecule is CCCC1=C(C(=O)OCC)SC2(SC(C(=O)OC)=NN2c2ccc(Cl)cc2)N1C. The van der Waals surface area contributed by atoms with Gasteiger partial charge in [0.05, 0.1) is 19.4 Å². The highest BCUT2D eigenvalue weighted by molar-refractivity contribution is 8.28. The maximum absolute atomic E-state index is 12.7. The number of allylic oxidation sites excluding steroid dienone is 1. The first-order chi connectivity index (χ1) is 13.9. The fraction of sp³-hybridized carbons (Fsp3) is 0.421. The minimum atomic E-state index is -0.885. The number of methoxy groups -OCH3 is 1. The molecule has 0 aromatic heterocycles. The summed E-state index contributed by atoms with van der Waals surface area (Å²) in [4.78, 5) is 27.5. The average molecular weight is 456 g/mol. The lowest BCUT2D eigenvalue weighted by molar-refractivity contribution is -0.137. The molecule has 2 aliphatic rings. The first-order valence-electron chi connectivity index (χ1n) is 9.12. The molecule has 1 atom stereocenters. The average Bonchev–Trinajstić information content (AvgIpc) is 3.23. The zero-order chi connectivity index (χ0) is 21.2. The molecule has 29 heavy (non-hydrogen) atoms. The maximum atomic E-state index is 12.7. The van der Waals surface area contributed by atoms with Crippen LogP contribution in [0.5, 0.6) is 0 Å². The summed E-state index contributed by atoms with van der Waals surface area (Å²) in [6, 6.07) is 7.16. The van der Waals surface area contributed by atoms with Crippen molar-refractivity contribution in [2.45, 2.75) is 31.0 Å². The number of thioether (sulfide) groups is 2. The summed E-state index contributed by atoms with van der Waals surface area (Å²) in [6.45, 7) is 4.12. The van der Waals surface area contributed by atoms with Gasteiger partial charge in [0.15, 0.2) is 0 Å². The Labute approximate surface area is 183 Å². The molecule has 0 bridgehead atoms. The number of benzene rings is 1. The van der Waals surface area contributed by atoms with Crippen molar-refractivity contribution < 1.29 is 19.1 Å². The zero-order valence-electron chi connectivity index (χ0n) is 16.6. The number of carbonyl (C=O) groups excluding carboxylic acids is 2. The molecule has 0 aliphatic carbocycles. The Balaban J connectivity index is 2.07. The Morgan fingerprint density at radius 3 is 2.45 bits per heavy atom. The van der Waals surface area contributed by atoms with Crippen LogP contribution in [0.2, 0.25) is 5.02 Å². The normalized spacial score (nSPS) is 21.1. The van der Waals surface area contributed by atoms with E-state index in [4.69, 9.17) is 21.1 Å². The van der Waals surface area contributed by atoms with Gasteiger partial charge in [-0.3, -0.25) is 0 Å². The summed E-state index contributed by atoms with van der Waals surface area (Å²) in [5.41, 5.74) is 1.60. The summed E-state index contributed by atoms with van der Waals surface area (Å²) in [7, 11) is 3.22. The van der Waals surface area contributed by atoms with Crippen LogP contribution in [0.3, 0.4) is 0 Å². The van der Waals surface area contributed by atoms with Crippen LogP contribution < -0.4 is 5.01 Å². The van der Waals surface area contributed by atoms with E-state index >= 15 is 0 Å². The predicted molar refractivity (Wildman–Crippen MR) is 118 cm³/mol. The highest BCUT2D eigenvalue weighted by atomic mass is 35.5. The molecule has 1 aromatic carbocycles. The van der Waals surface area contributed by atoms with Crippen molar-refractivity contribution in [3.63, 3.8) is 0 Å². The van der Waals surface area contributed by atoms with Gasteiger partial charge in [0.2, 0.25) is 9.37 Å². The number of rotatable bonds is 6. The number of ether oxygens (including phenoxy) is 2. The fourth-order valence-electron chi connectivity index (χ4n) is 3.05. The van der Waals surface area contributed by atoms with Crippen LogP contribution >= 0.6 is 35.1 Å². The van der Waals surface area contributed by atoms with E-state index in [-0.39, 0.29) is 17.6 Å². The van der Waals surface area contributed by atoms with Crippen molar-refractivity contribution >= 4 is 57.8 Å². The molecular formula is C19H22ClN3O4S2. The van der Waals surface area contributed by atoms with Crippen molar-refractivity contribution in [1.29, 1.82) is 0 Å². The number of nitrogens with zero attached hydrogens (tertiary/aromatic N) is 3. The largest absolute Gasteiger partial charge is 0.464 e. The third-order valence-corrected chi connectivity index (χ3v) is 7.62. The van der Waals surface area contributed by atoms with Gasteiger partial charge in [-0.1, -0.05) is 36.7 Å². The fourth-order valence-corrected chi connectivity index (χ4v) is 6.09. The minimum absolute atomic E-state index is 0.211. The van der Waals surface area contributed by atoms with E-state index in [0.29, 0.717) is 16.3 Å². The molecule has 0 fully saturated rings. The number of hydrogen-bond donors (Lipinski definition) is 0. The molecule has 0 N–H and O–H groups in total. The van der Waals surface area contributed by atoms with Gasteiger partial charge in [0.25, 0.3) is 0 Å². The lowest BCUT2D eigenvalue weighted by atomic mass is 10.2. The second-order valence-electron chi connectivity index (χ2n) is 6.24. The molecule has 0 amide bonds. The second-order valence-corrected chi connectivity index (χ2v) is 9.28. The number of hydrogen-bond acceptors (Lipinski definition) is 9. The second kappa shape index (κ2) is 8.89. The number of anilines is 1. The molecular weight excluding hydrogens is 434 g/mol. The third-order valence-electron chi connectivity index (χ3n) is 4.39. The van der Waals surface area contributed by atoms with E-state index < -0.39 is 10.3 Å². The Kier molecular flexibility index (Phi) is 6.70. The number of carbonyl (C=O) groups is 2. The van der Waals surface area contributed by atoms with E-state index in [9.17, 15) is 9.59 Å². The molecule has 2 heterocycles. The monoisotopic (exact) mass is 455 g/mol. The van der Waals surface area contributed by atoms with Crippen LogP contribution in [0.15, 0.2) is 40.0 Å². The first kappa shape index (κ1) is 21.9. The topological polar surface area (TPSA) is 71.4 Å². The molecule has 156 valence electrons. The maximum Gasteiger partial charge on any atom is 0.365 e. The van der Waals surface area contributed by atoms with E-state index in [1.807, 2.05) is 24.1 Å². The Hall–Kier alpha value is -1.84. The standard InChI is InChI=1S/C19H22ClN3O4S2/c1-5-7-14-15(17(24)27-6-2)28-19(22(14)3)23(13-10-8-12(20)9-11-13)21-16(29-19)18(25)26-4/h8-11H,5-7H2,1-4H3. The Bertz CT molecular complexity index is 875. The molecule has 1 spiro atoms. The van der Waals surface area contributed by atoms with E-state index in [1.54, 1.807) is 24.1 Å².